The third-order valence-electron chi connectivity index (χ3n) is 3.59. The second kappa shape index (κ2) is 6.63. The van der Waals surface area contributed by atoms with Gasteiger partial charge in [-0.15, -0.1) is 0 Å². The number of epoxide rings is 1. The standard InChI is InChI=1S/C19H18BrClO4/c1-18(2,3)25-17(22)19(11-23-19)15-9-8-14(10-16(15)21)24-13-6-4-12(20)5-7-13/h4-10H,11H2,1-3H3. The summed E-state index contributed by atoms with van der Waals surface area (Å²) in [5, 5.41) is 0.401. The van der Waals surface area contributed by atoms with Crippen molar-refractivity contribution in [3.8, 4) is 11.5 Å². The van der Waals surface area contributed by atoms with E-state index in [-0.39, 0.29) is 6.61 Å². The van der Waals surface area contributed by atoms with E-state index in [9.17, 15) is 4.79 Å². The zero-order valence-corrected chi connectivity index (χ0v) is 16.5. The van der Waals surface area contributed by atoms with Crippen LogP contribution in [0.1, 0.15) is 26.3 Å². The molecule has 1 aliphatic heterocycles. The van der Waals surface area contributed by atoms with Gasteiger partial charge in [0.1, 0.15) is 17.1 Å². The molecule has 1 heterocycles. The van der Waals surface area contributed by atoms with E-state index in [2.05, 4.69) is 15.9 Å². The van der Waals surface area contributed by atoms with Gasteiger partial charge in [0.15, 0.2) is 0 Å². The molecule has 0 aliphatic carbocycles. The number of halogens is 2. The summed E-state index contributed by atoms with van der Waals surface area (Å²) in [6, 6.07) is 12.6. The zero-order chi connectivity index (χ0) is 18.2. The van der Waals surface area contributed by atoms with Crippen molar-refractivity contribution in [2.75, 3.05) is 6.61 Å². The summed E-state index contributed by atoms with van der Waals surface area (Å²) in [4.78, 5) is 12.5. The minimum Gasteiger partial charge on any atom is -0.457 e. The molecule has 2 aromatic rings. The smallest absolute Gasteiger partial charge is 0.346 e. The summed E-state index contributed by atoms with van der Waals surface area (Å²) in [6.45, 7) is 5.71. The molecule has 132 valence electrons. The Labute approximate surface area is 160 Å². The highest BCUT2D eigenvalue weighted by atomic mass is 79.9. The van der Waals surface area contributed by atoms with E-state index in [0.717, 1.165) is 4.47 Å². The van der Waals surface area contributed by atoms with Gasteiger partial charge in [0, 0.05) is 10.0 Å². The SMILES string of the molecule is CC(C)(C)OC(=O)C1(c2ccc(Oc3ccc(Br)cc3)cc2Cl)CO1. The number of carbonyl (C=O) groups excluding carboxylic acids is 1. The van der Waals surface area contributed by atoms with Crippen molar-refractivity contribution in [3.05, 3.63) is 57.5 Å². The molecule has 6 heteroatoms. The van der Waals surface area contributed by atoms with Crippen molar-refractivity contribution in [3.63, 3.8) is 0 Å². The highest BCUT2D eigenvalue weighted by Crippen LogP contribution is 2.45. The minimum atomic E-state index is -1.11. The van der Waals surface area contributed by atoms with Crippen molar-refractivity contribution in [1.29, 1.82) is 0 Å². The second-order valence-corrected chi connectivity index (χ2v) is 8.14. The molecule has 1 aliphatic rings. The third kappa shape index (κ3) is 4.17. The molecule has 3 rings (SSSR count). The van der Waals surface area contributed by atoms with Gasteiger partial charge in [-0.1, -0.05) is 33.6 Å². The molecule has 1 unspecified atom stereocenters. The highest BCUT2D eigenvalue weighted by molar-refractivity contribution is 9.10. The van der Waals surface area contributed by atoms with Crippen molar-refractivity contribution < 1.29 is 19.0 Å². The number of ether oxygens (including phenoxy) is 3. The lowest BCUT2D eigenvalue weighted by molar-refractivity contribution is -0.161. The molecular formula is C19H18BrClO4. The van der Waals surface area contributed by atoms with Crippen LogP contribution in [0.3, 0.4) is 0 Å². The van der Waals surface area contributed by atoms with E-state index < -0.39 is 17.2 Å². The Morgan fingerprint density at radius 3 is 2.28 bits per heavy atom. The molecule has 2 aromatic carbocycles. The number of hydrogen-bond acceptors (Lipinski definition) is 4. The normalized spacial score (nSPS) is 19.4. The molecular weight excluding hydrogens is 408 g/mol. The van der Waals surface area contributed by atoms with E-state index in [1.165, 1.54) is 0 Å². The molecule has 25 heavy (non-hydrogen) atoms. The fraction of sp³-hybridized carbons (Fsp3) is 0.316. The van der Waals surface area contributed by atoms with Gasteiger partial charge in [0.25, 0.3) is 0 Å². The molecule has 4 nitrogen and oxygen atoms in total. The first-order valence-electron chi connectivity index (χ1n) is 7.80. The first-order valence-corrected chi connectivity index (χ1v) is 8.98. The number of esters is 1. The Hall–Kier alpha value is -1.56. The second-order valence-electron chi connectivity index (χ2n) is 6.82. The van der Waals surface area contributed by atoms with E-state index in [0.29, 0.717) is 22.1 Å². The monoisotopic (exact) mass is 424 g/mol. The van der Waals surface area contributed by atoms with Gasteiger partial charge in [-0.2, -0.15) is 0 Å². The first kappa shape index (κ1) is 18.2. The summed E-state index contributed by atoms with van der Waals surface area (Å²) >= 11 is 9.77. The molecule has 0 aromatic heterocycles. The highest BCUT2D eigenvalue weighted by Gasteiger charge is 2.57. The molecule has 0 spiro atoms. The number of carbonyl (C=O) groups is 1. The molecule has 1 atom stereocenters. The molecule has 0 radical (unpaired) electrons. The largest absolute Gasteiger partial charge is 0.457 e. The maximum atomic E-state index is 12.5. The first-order chi connectivity index (χ1) is 11.7. The summed E-state index contributed by atoms with van der Waals surface area (Å²) in [5.41, 5.74) is -1.11. The van der Waals surface area contributed by atoms with Crippen LogP contribution in [0.15, 0.2) is 46.9 Å². The van der Waals surface area contributed by atoms with Gasteiger partial charge in [-0.3, -0.25) is 0 Å². The Morgan fingerprint density at radius 1 is 1.16 bits per heavy atom. The molecule has 0 amide bonds. The predicted molar refractivity (Wildman–Crippen MR) is 99.1 cm³/mol. The van der Waals surface area contributed by atoms with Gasteiger partial charge in [-0.05, 0) is 57.2 Å². The molecule has 0 bridgehead atoms. The summed E-state index contributed by atoms with van der Waals surface area (Å²) in [7, 11) is 0. The minimum absolute atomic E-state index is 0.258. The maximum absolute atomic E-state index is 12.5. The van der Waals surface area contributed by atoms with E-state index in [4.69, 9.17) is 25.8 Å². The molecule has 1 saturated heterocycles. The number of hydrogen-bond donors (Lipinski definition) is 0. The van der Waals surface area contributed by atoms with Crippen LogP contribution in [0.5, 0.6) is 11.5 Å². The average molecular weight is 426 g/mol. The Bertz CT molecular complexity index is 792. The van der Waals surface area contributed by atoms with Crippen molar-refractivity contribution in [2.45, 2.75) is 32.0 Å². The van der Waals surface area contributed by atoms with Crippen LogP contribution in [0.4, 0.5) is 0 Å². The quantitative estimate of drug-likeness (QED) is 0.482. The molecule has 0 saturated carbocycles. The number of benzene rings is 2. The van der Waals surface area contributed by atoms with Crippen LogP contribution in [0.2, 0.25) is 5.02 Å². The van der Waals surface area contributed by atoms with E-state index >= 15 is 0 Å². The Morgan fingerprint density at radius 2 is 1.76 bits per heavy atom. The topological polar surface area (TPSA) is 48.1 Å². The molecule has 0 N–H and O–H groups in total. The van der Waals surface area contributed by atoms with E-state index in [1.807, 2.05) is 45.0 Å². The molecule has 1 fully saturated rings. The summed E-state index contributed by atoms with van der Waals surface area (Å²) < 4.78 is 17.6. The lowest BCUT2D eigenvalue weighted by Crippen LogP contribution is -2.33. The lowest BCUT2D eigenvalue weighted by atomic mass is 9.99. The zero-order valence-electron chi connectivity index (χ0n) is 14.1. The van der Waals surface area contributed by atoms with Gasteiger partial charge in [-0.25, -0.2) is 4.79 Å². The maximum Gasteiger partial charge on any atom is 0.346 e. The van der Waals surface area contributed by atoms with Crippen LogP contribution < -0.4 is 4.74 Å². The van der Waals surface area contributed by atoms with Gasteiger partial charge < -0.3 is 14.2 Å². The third-order valence-corrected chi connectivity index (χ3v) is 4.43. The van der Waals surface area contributed by atoms with Gasteiger partial charge in [0.05, 0.1) is 11.6 Å². The van der Waals surface area contributed by atoms with Crippen molar-refractivity contribution in [1.82, 2.24) is 0 Å². The van der Waals surface area contributed by atoms with Crippen molar-refractivity contribution >= 4 is 33.5 Å². The fourth-order valence-electron chi connectivity index (χ4n) is 2.34. The predicted octanol–water partition coefficient (Wildman–Crippen LogP) is 5.46. The number of rotatable bonds is 4. The van der Waals surface area contributed by atoms with Gasteiger partial charge in [0.2, 0.25) is 5.60 Å². The van der Waals surface area contributed by atoms with Crippen molar-refractivity contribution in [2.24, 2.45) is 0 Å². The summed E-state index contributed by atoms with van der Waals surface area (Å²) in [6.07, 6.45) is 0. The van der Waals surface area contributed by atoms with Crippen LogP contribution in [0, 0.1) is 0 Å². The van der Waals surface area contributed by atoms with E-state index in [1.54, 1.807) is 18.2 Å². The summed E-state index contributed by atoms with van der Waals surface area (Å²) in [5.74, 6) is 0.844. The van der Waals surface area contributed by atoms with Gasteiger partial charge >= 0.3 is 5.97 Å². The average Bonchev–Trinajstić information content (AvgIpc) is 3.30. The fourth-order valence-corrected chi connectivity index (χ4v) is 2.93. The Balaban J connectivity index is 1.80. The van der Waals surface area contributed by atoms with Crippen LogP contribution in [-0.2, 0) is 19.9 Å². The van der Waals surface area contributed by atoms with Crippen LogP contribution >= 0.6 is 27.5 Å². The van der Waals surface area contributed by atoms with Crippen LogP contribution in [-0.4, -0.2) is 18.2 Å². The van der Waals surface area contributed by atoms with Crippen LogP contribution in [0.25, 0.3) is 0 Å². The Kier molecular flexibility index (Phi) is 4.84. The lowest BCUT2D eigenvalue weighted by Gasteiger charge is -2.23.